The van der Waals surface area contributed by atoms with Crippen LogP contribution in [0.3, 0.4) is 0 Å². The molecule has 8 heteroatoms. The highest BCUT2D eigenvalue weighted by molar-refractivity contribution is 6.32. The number of methoxy groups -OCH3 is 2. The predicted molar refractivity (Wildman–Crippen MR) is 86.6 cm³/mol. The number of hydrogen-bond donors (Lipinski definition) is 1. The van der Waals surface area contributed by atoms with Crippen molar-refractivity contribution in [2.75, 3.05) is 14.2 Å². The zero-order chi connectivity index (χ0) is 17.0. The first-order valence-electron chi connectivity index (χ1n) is 6.39. The molecule has 0 bridgehead atoms. The lowest BCUT2D eigenvalue weighted by molar-refractivity contribution is -0.384. The summed E-state index contributed by atoms with van der Waals surface area (Å²) in [6.07, 6.45) is 1.29. The van der Waals surface area contributed by atoms with Gasteiger partial charge in [-0.15, -0.1) is 0 Å². The monoisotopic (exact) mass is 336 g/mol. The Morgan fingerprint density at radius 3 is 2.52 bits per heavy atom. The summed E-state index contributed by atoms with van der Waals surface area (Å²) in [5.74, 6) is 0.714. The number of benzene rings is 2. The van der Waals surface area contributed by atoms with E-state index in [1.54, 1.807) is 6.07 Å². The van der Waals surface area contributed by atoms with Gasteiger partial charge in [0.1, 0.15) is 22.9 Å². The number of halogens is 1. The average molecular weight is 337 g/mol. The van der Waals surface area contributed by atoms with Gasteiger partial charge < -0.3 is 14.6 Å². The van der Waals surface area contributed by atoms with Gasteiger partial charge in [-0.3, -0.25) is 15.1 Å². The molecule has 7 nitrogen and oxygen atoms in total. The van der Waals surface area contributed by atoms with Crippen LogP contribution in [0.15, 0.2) is 35.3 Å². The van der Waals surface area contributed by atoms with Gasteiger partial charge >= 0.3 is 0 Å². The van der Waals surface area contributed by atoms with Crippen LogP contribution in [0.2, 0.25) is 5.02 Å². The first-order chi connectivity index (χ1) is 11.0. The van der Waals surface area contributed by atoms with Crippen LogP contribution in [0.1, 0.15) is 5.56 Å². The Hall–Kier alpha value is -2.80. The molecule has 0 aliphatic rings. The summed E-state index contributed by atoms with van der Waals surface area (Å²) in [6, 6.07) is 6.76. The van der Waals surface area contributed by atoms with Crippen molar-refractivity contribution in [3.8, 4) is 17.2 Å². The summed E-state index contributed by atoms with van der Waals surface area (Å²) in [5.41, 5.74) is 0.446. The third kappa shape index (κ3) is 3.70. The molecule has 0 saturated carbocycles. The van der Waals surface area contributed by atoms with Gasteiger partial charge in [0.2, 0.25) is 0 Å². The molecule has 23 heavy (non-hydrogen) atoms. The SMILES string of the molecule is COc1cc(OC)c(N=Cc2cc([N+](=O)[O-])ccc2O)cc1Cl. The van der Waals surface area contributed by atoms with Crippen molar-refractivity contribution in [1.29, 1.82) is 0 Å². The summed E-state index contributed by atoms with van der Waals surface area (Å²) < 4.78 is 10.3. The smallest absolute Gasteiger partial charge is 0.270 e. The molecule has 2 aromatic rings. The fraction of sp³-hybridized carbons (Fsp3) is 0.133. The van der Waals surface area contributed by atoms with Crippen molar-refractivity contribution >= 4 is 29.2 Å². The van der Waals surface area contributed by atoms with Crippen LogP contribution in [0.25, 0.3) is 0 Å². The fourth-order valence-electron chi connectivity index (χ4n) is 1.84. The minimum atomic E-state index is -0.554. The maximum atomic E-state index is 10.8. The number of phenols is 1. The van der Waals surface area contributed by atoms with Crippen molar-refractivity contribution in [2.24, 2.45) is 4.99 Å². The van der Waals surface area contributed by atoms with Crippen LogP contribution in [-0.4, -0.2) is 30.5 Å². The number of aliphatic imine (C=N–C) groups is 1. The molecule has 1 N–H and O–H groups in total. The number of rotatable bonds is 5. The van der Waals surface area contributed by atoms with Crippen LogP contribution in [0, 0.1) is 10.1 Å². The third-order valence-electron chi connectivity index (χ3n) is 3.02. The van der Waals surface area contributed by atoms with Crippen molar-refractivity contribution in [3.05, 3.63) is 51.0 Å². The van der Waals surface area contributed by atoms with Gasteiger partial charge in [-0.1, -0.05) is 11.6 Å². The number of nitro groups is 1. The van der Waals surface area contributed by atoms with Crippen molar-refractivity contribution in [3.63, 3.8) is 0 Å². The molecule has 0 atom stereocenters. The Morgan fingerprint density at radius 2 is 1.91 bits per heavy atom. The maximum absolute atomic E-state index is 10.8. The molecule has 0 amide bonds. The van der Waals surface area contributed by atoms with E-state index in [2.05, 4.69) is 4.99 Å². The van der Waals surface area contributed by atoms with Gasteiger partial charge in [-0.05, 0) is 12.1 Å². The molecule has 0 saturated heterocycles. The summed E-state index contributed by atoms with van der Waals surface area (Å²) in [7, 11) is 2.94. The van der Waals surface area contributed by atoms with Crippen molar-refractivity contribution in [2.45, 2.75) is 0 Å². The molecule has 0 spiro atoms. The molecule has 0 radical (unpaired) electrons. The predicted octanol–water partition coefficient (Wildman–Crippen LogP) is 3.72. The molecule has 2 aromatic carbocycles. The normalized spacial score (nSPS) is 10.7. The highest BCUT2D eigenvalue weighted by Crippen LogP contribution is 2.37. The largest absolute Gasteiger partial charge is 0.507 e. The average Bonchev–Trinajstić information content (AvgIpc) is 2.53. The molecule has 0 aliphatic carbocycles. The van der Waals surface area contributed by atoms with Crippen LogP contribution in [0.5, 0.6) is 17.2 Å². The second-order valence-electron chi connectivity index (χ2n) is 4.42. The highest BCUT2D eigenvalue weighted by Gasteiger charge is 2.11. The Kier molecular flexibility index (Phi) is 5.02. The lowest BCUT2D eigenvalue weighted by Gasteiger charge is -2.09. The van der Waals surface area contributed by atoms with Crippen molar-refractivity contribution < 1.29 is 19.5 Å². The Bertz CT molecular complexity index is 777. The second kappa shape index (κ2) is 6.97. The van der Waals surface area contributed by atoms with Crippen LogP contribution < -0.4 is 9.47 Å². The molecule has 120 valence electrons. The van der Waals surface area contributed by atoms with Gasteiger partial charge in [-0.2, -0.15) is 0 Å². The van der Waals surface area contributed by atoms with E-state index in [-0.39, 0.29) is 17.0 Å². The Morgan fingerprint density at radius 1 is 1.22 bits per heavy atom. The minimum absolute atomic E-state index is 0.127. The maximum Gasteiger partial charge on any atom is 0.270 e. The van der Waals surface area contributed by atoms with Gasteiger partial charge in [0.15, 0.2) is 0 Å². The van der Waals surface area contributed by atoms with Crippen LogP contribution >= 0.6 is 11.6 Å². The van der Waals surface area contributed by atoms with E-state index in [0.29, 0.717) is 22.2 Å². The van der Waals surface area contributed by atoms with Crippen LogP contribution in [0.4, 0.5) is 11.4 Å². The van der Waals surface area contributed by atoms with Crippen LogP contribution in [-0.2, 0) is 0 Å². The van der Waals surface area contributed by atoms with E-state index in [4.69, 9.17) is 21.1 Å². The molecule has 0 fully saturated rings. The quantitative estimate of drug-likeness (QED) is 0.510. The number of non-ortho nitro benzene ring substituents is 1. The standard InChI is InChI=1S/C15H13ClN2O5/c1-22-14-7-15(23-2)12(6-11(14)16)17-8-9-5-10(18(20)21)3-4-13(9)19/h3-8,19H,1-2H3. The molecule has 0 aromatic heterocycles. The minimum Gasteiger partial charge on any atom is -0.507 e. The van der Waals surface area contributed by atoms with E-state index < -0.39 is 4.92 Å². The summed E-state index contributed by atoms with van der Waals surface area (Å²) in [4.78, 5) is 14.4. The first-order valence-corrected chi connectivity index (χ1v) is 6.77. The fourth-order valence-corrected chi connectivity index (χ4v) is 2.08. The Labute approximate surface area is 136 Å². The lowest BCUT2D eigenvalue weighted by atomic mass is 10.2. The Balaban J connectivity index is 2.42. The van der Waals surface area contributed by atoms with E-state index in [0.717, 1.165) is 0 Å². The molecule has 0 heterocycles. The second-order valence-corrected chi connectivity index (χ2v) is 4.82. The van der Waals surface area contributed by atoms with Gasteiger partial charge in [-0.25, -0.2) is 0 Å². The van der Waals surface area contributed by atoms with E-state index >= 15 is 0 Å². The number of aromatic hydroxyl groups is 1. The van der Waals surface area contributed by atoms with E-state index in [9.17, 15) is 15.2 Å². The zero-order valence-electron chi connectivity index (χ0n) is 12.3. The zero-order valence-corrected chi connectivity index (χ0v) is 13.1. The number of ether oxygens (including phenoxy) is 2. The van der Waals surface area contributed by atoms with Crippen molar-refractivity contribution in [1.82, 2.24) is 0 Å². The van der Waals surface area contributed by atoms with E-state index in [1.165, 1.54) is 44.7 Å². The van der Waals surface area contributed by atoms with Gasteiger partial charge in [0.25, 0.3) is 5.69 Å². The molecular formula is C15H13ClN2O5. The lowest BCUT2D eigenvalue weighted by Crippen LogP contribution is -1.91. The molecule has 0 aliphatic heterocycles. The molecular weight excluding hydrogens is 324 g/mol. The van der Waals surface area contributed by atoms with E-state index in [1.807, 2.05) is 0 Å². The summed E-state index contributed by atoms with van der Waals surface area (Å²) >= 11 is 6.05. The summed E-state index contributed by atoms with van der Waals surface area (Å²) in [6.45, 7) is 0. The number of hydrogen-bond acceptors (Lipinski definition) is 6. The third-order valence-corrected chi connectivity index (χ3v) is 3.31. The molecule has 2 rings (SSSR count). The first kappa shape index (κ1) is 16.6. The number of phenolic OH excluding ortho intramolecular Hbond substituents is 1. The van der Waals surface area contributed by atoms with Gasteiger partial charge in [0.05, 0.1) is 24.2 Å². The highest BCUT2D eigenvalue weighted by atomic mass is 35.5. The van der Waals surface area contributed by atoms with Gasteiger partial charge in [0, 0.05) is 30.0 Å². The molecule has 0 unspecified atom stereocenters. The topological polar surface area (TPSA) is 94.2 Å². The number of nitrogens with zero attached hydrogens (tertiary/aromatic N) is 2. The number of nitro benzene ring substituents is 1. The summed E-state index contributed by atoms with van der Waals surface area (Å²) in [5, 5.41) is 20.9.